The van der Waals surface area contributed by atoms with E-state index >= 15 is 0 Å². The van der Waals surface area contributed by atoms with Gasteiger partial charge in [-0.05, 0) is 32.0 Å². The van der Waals surface area contributed by atoms with Crippen molar-refractivity contribution in [3.63, 3.8) is 0 Å². The SMILES string of the molecule is CC(C)(NC(=O)Cc1csc(-c2ccc(Cl)cc2Br)n1)C(=O)O. The van der Waals surface area contributed by atoms with Gasteiger partial charge in [-0.25, -0.2) is 9.78 Å². The molecule has 2 aromatic rings. The molecule has 0 aliphatic heterocycles. The Morgan fingerprint density at radius 2 is 2.13 bits per heavy atom. The number of hydrogen-bond acceptors (Lipinski definition) is 4. The Morgan fingerprint density at radius 3 is 2.74 bits per heavy atom. The number of benzene rings is 1. The molecule has 0 fully saturated rings. The van der Waals surface area contributed by atoms with Gasteiger partial charge in [-0.15, -0.1) is 11.3 Å². The van der Waals surface area contributed by atoms with Crippen LogP contribution >= 0.6 is 38.9 Å². The molecule has 1 aromatic carbocycles. The molecule has 1 aromatic heterocycles. The molecule has 0 saturated heterocycles. The van der Waals surface area contributed by atoms with Crippen molar-refractivity contribution in [2.24, 2.45) is 0 Å². The van der Waals surface area contributed by atoms with Crippen LogP contribution in [0.5, 0.6) is 0 Å². The quantitative estimate of drug-likeness (QED) is 0.776. The highest BCUT2D eigenvalue weighted by molar-refractivity contribution is 9.10. The number of nitrogens with one attached hydrogen (secondary N) is 1. The lowest BCUT2D eigenvalue weighted by atomic mass is 10.1. The van der Waals surface area contributed by atoms with Crippen molar-refractivity contribution in [2.45, 2.75) is 25.8 Å². The number of carboxylic acids is 1. The van der Waals surface area contributed by atoms with Gasteiger partial charge in [0.2, 0.25) is 5.91 Å². The van der Waals surface area contributed by atoms with Crippen molar-refractivity contribution >= 4 is 50.7 Å². The first kappa shape index (κ1) is 17.9. The third kappa shape index (κ3) is 4.53. The third-order valence-electron chi connectivity index (χ3n) is 3.04. The number of thiazole rings is 1. The fourth-order valence-corrected chi connectivity index (χ4v) is 3.65. The van der Waals surface area contributed by atoms with E-state index in [1.807, 2.05) is 6.07 Å². The fourth-order valence-electron chi connectivity index (χ4n) is 1.79. The molecule has 0 spiro atoms. The predicted octanol–water partition coefficient (Wildman–Crippen LogP) is 3.75. The summed E-state index contributed by atoms with van der Waals surface area (Å²) >= 11 is 10.8. The average molecular weight is 418 g/mol. The van der Waals surface area contributed by atoms with Gasteiger partial charge < -0.3 is 10.4 Å². The molecule has 2 rings (SSSR count). The minimum absolute atomic E-state index is 0.0262. The van der Waals surface area contributed by atoms with Gasteiger partial charge in [0.1, 0.15) is 10.5 Å². The minimum atomic E-state index is -1.31. The van der Waals surface area contributed by atoms with Crippen molar-refractivity contribution < 1.29 is 14.7 Å². The molecule has 2 N–H and O–H groups in total. The number of carboxylic acid groups (broad SMARTS) is 1. The maximum atomic E-state index is 12.0. The first-order valence-electron chi connectivity index (χ1n) is 6.63. The van der Waals surface area contributed by atoms with Crippen LogP contribution in [0.15, 0.2) is 28.1 Å². The smallest absolute Gasteiger partial charge is 0.328 e. The molecule has 0 aliphatic rings. The summed E-state index contributed by atoms with van der Waals surface area (Å²) in [6.45, 7) is 2.87. The van der Waals surface area contributed by atoms with Gasteiger partial charge in [0.05, 0.1) is 12.1 Å². The molecule has 0 bridgehead atoms. The molecule has 0 saturated carbocycles. The molecule has 0 aliphatic carbocycles. The number of aromatic nitrogens is 1. The summed E-state index contributed by atoms with van der Waals surface area (Å²) < 4.78 is 0.822. The zero-order valence-corrected chi connectivity index (χ0v) is 15.6. The van der Waals surface area contributed by atoms with Crippen molar-refractivity contribution in [3.8, 4) is 10.6 Å². The lowest BCUT2D eigenvalue weighted by Crippen LogP contribution is -2.50. The van der Waals surface area contributed by atoms with Gasteiger partial charge in [0.15, 0.2) is 0 Å². The number of carbonyl (C=O) groups is 2. The van der Waals surface area contributed by atoms with Crippen LogP contribution in [0.1, 0.15) is 19.5 Å². The Hall–Kier alpha value is -1.44. The molecule has 5 nitrogen and oxygen atoms in total. The second-order valence-electron chi connectivity index (χ2n) is 5.42. The molecule has 23 heavy (non-hydrogen) atoms. The van der Waals surface area contributed by atoms with Crippen molar-refractivity contribution in [1.82, 2.24) is 10.3 Å². The molecule has 0 unspecified atom stereocenters. The fraction of sp³-hybridized carbons (Fsp3) is 0.267. The Kier molecular flexibility index (Phi) is 5.44. The Morgan fingerprint density at radius 1 is 1.43 bits per heavy atom. The Labute approximate surface area is 150 Å². The summed E-state index contributed by atoms with van der Waals surface area (Å²) in [5, 5.41) is 14.6. The van der Waals surface area contributed by atoms with Crippen LogP contribution in [0.4, 0.5) is 0 Å². The minimum Gasteiger partial charge on any atom is -0.480 e. The van der Waals surface area contributed by atoms with Gasteiger partial charge >= 0.3 is 5.97 Å². The highest BCUT2D eigenvalue weighted by Gasteiger charge is 2.29. The maximum Gasteiger partial charge on any atom is 0.328 e. The number of aliphatic carboxylic acids is 1. The molecular formula is C15H14BrClN2O3S. The summed E-state index contributed by atoms with van der Waals surface area (Å²) in [4.78, 5) is 27.4. The van der Waals surface area contributed by atoms with Gasteiger partial charge in [-0.3, -0.25) is 4.79 Å². The first-order valence-corrected chi connectivity index (χ1v) is 8.68. The van der Waals surface area contributed by atoms with Crippen LogP contribution in [-0.2, 0) is 16.0 Å². The lowest BCUT2D eigenvalue weighted by Gasteiger charge is -2.20. The first-order chi connectivity index (χ1) is 10.7. The second kappa shape index (κ2) is 6.98. The number of hydrogen-bond donors (Lipinski definition) is 2. The van der Waals surface area contributed by atoms with E-state index in [4.69, 9.17) is 16.7 Å². The summed E-state index contributed by atoms with van der Waals surface area (Å²) in [5.41, 5.74) is 0.164. The van der Waals surface area contributed by atoms with E-state index in [0.29, 0.717) is 10.7 Å². The average Bonchev–Trinajstić information content (AvgIpc) is 2.85. The predicted molar refractivity (Wildman–Crippen MR) is 93.8 cm³/mol. The second-order valence-corrected chi connectivity index (χ2v) is 7.57. The van der Waals surface area contributed by atoms with E-state index in [1.165, 1.54) is 25.2 Å². The Bertz CT molecular complexity index is 761. The number of halogens is 2. The van der Waals surface area contributed by atoms with Crippen LogP contribution in [-0.4, -0.2) is 27.5 Å². The molecule has 1 amide bonds. The molecular weight excluding hydrogens is 404 g/mol. The van der Waals surface area contributed by atoms with E-state index < -0.39 is 11.5 Å². The monoisotopic (exact) mass is 416 g/mol. The molecule has 8 heteroatoms. The zero-order chi connectivity index (χ0) is 17.2. The van der Waals surface area contributed by atoms with Crippen LogP contribution in [0, 0.1) is 0 Å². The molecule has 122 valence electrons. The van der Waals surface area contributed by atoms with Crippen molar-refractivity contribution in [3.05, 3.63) is 38.8 Å². The standard InChI is InChI=1S/C15H14BrClN2O3S/c1-15(2,14(21)22)19-12(20)6-9-7-23-13(18-9)10-4-3-8(17)5-11(10)16/h3-5,7H,6H2,1-2H3,(H,19,20)(H,21,22). The topological polar surface area (TPSA) is 79.3 Å². The van der Waals surface area contributed by atoms with Gasteiger partial charge in [-0.1, -0.05) is 27.5 Å². The van der Waals surface area contributed by atoms with Gasteiger partial charge in [-0.2, -0.15) is 0 Å². The van der Waals surface area contributed by atoms with E-state index in [-0.39, 0.29) is 12.3 Å². The van der Waals surface area contributed by atoms with E-state index in [1.54, 1.807) is 17.5 Å². The maximum absolute atomic E-state index is 12.0. The van der Waals surface area contributed by atoms with E-state index in [0.717, 1.165) is 15.0 Å². The van der Waals surface area contributed by atoms with Crippen molar-refractivity contribution in [2.75, 3.05) is 0 Å². The normalized spacial score (nSPS) is 11.3. The molecule has 0 radical (unpaired) electrons. The number of amides is 1. The zero-order valence-electron chi connectivity index (χ0n) is 12.4. The summed E-state index contributed by atoms with van der Waals surface area (Å²) in [7, 11) is 0. The van der Waals surface area contributed by atoms with E-state index in [2.05, 4.69) is 26.2 Å². The van der Waals surface area contributed by atoms with Gasteiger partial charge in [0.25, 0.3) is 0 Å². The number of rotatable bonds is 5. The Balaban J connectivity index is 2.11. The van der Waals surface area contributed by atoms with Crippen LogP contribution < -0.4 is 5.32 Å². The highest BCUT2D eigenvalue weighted by atomic mass is 79.9. The molecule has 1 heterocycles. The summed E-state index contributed by atoms with van der Waals surface area (Å²) in [6.07, 6.45) is 0.0262. The van der Waals surface area contributed by atoms with Crippen molar-refractivity contribution in [1.29, 1.82) is 0 Å². The summed E-state index contributed by atoms with van der Waals surface area (Å²) in [6, 6.07) is 5.40. The van der Waals surface area contributed by atoms with Crippen LogP contribution in [0.2, 0.25) is 5.02 Å². The molecule has 0 atom stereocenters. The van der Waals surface area contributed by atoms with Crippen LogP contribution in [0.3, 0.4) is 0 Å². The third-order valence-corrected chi connectivity index (χ3v) is 4.86. The highest BCUT2D eigenvalue weighted by Crippen LogP contribution is 2.32. The van der Waals surface area contributed by atoms with E-state index in [9.17, 15) is 9.59 Å². The summed E-state index contributed by atoms with van der Waals surface area (Å²) in [5.74, 6) is -1.47. The largest absolute Gasteiger partial charge is 0.480 e. The number of nitrogens with zero attached hydrogens (tertiary/aromatic N) is 1. The lowest BCUT2D eigenvalue weighted by molar-refractivity contribution is -0.145. The van der Waals surface area contributed by atoms with Gasteiger partial charge in [0, 0.05) is 20.4 Å². The van der Waals surface area contributed by atoms with Crippen LogP contribution in [0.25, 0.3) is 10.6 Å². The number of carbonyl (C=O) groups excluding carboxylic acids is 1.